The van der Waals surface area contributed by atoms with Crippen LogP contribution in [0.25, 0.3) is 0 Å². The molecule has 0 aromatic carbocycles. The quantitative estimate of drug-likeness (QED) is 0.222. The maximum atomic E-state index is 5.53. The van der Waals surface area contributed by atoms with E-state index in [1.165, 1.54) is 38.8 Å². The van der Waals surface area contributed by atoms with Crippen LogP contribution >= 0.6 is 22.6 Å². The normalized spacial score (nSPS) is 13.6. The Balaban J connectivity index is 4.26. The van der Waals surface area contributed by atoms with Gasteiger partial charge in [0.25, 0.3) is 0 Å². The molecule has 0 aliphatic carbocycles. The smallest absolute Gasteiger partial charge is 0.200 e. The van der Waals surface area contributed by atoms with Gasteiger partial charge in [-0.15, -0.1) is 6.42 Å². The number of alkyl halides is 1. The molecule has 82 valence electrons. The monoisotopic (exact) mass is 308 g/mol. The number of quaternary nitrogens is 1. The van der Waals surface area contributed by atoms with Gasteiger partial charge in [-0.05, 0) is 18.8 Å². The Bertz CT molecular complexity index is 175. The van der Waals surface area contributed by atoms with Crippen molar-refractivity contribution < 1.29 is 4.48 Å². The molecule has 0 aliphatic rings. The number of rotatable bonds is 7. The van der Waals surface area contributed by atoms with Crippen LogP contribution in [0.1, 0.15) is 39.5 Å². The Hall–Kier alpha value is 0.250. The van der Waals surface area contributed by atoms with Crippen LogP contribution < -0.4 is 0 Å². The molecule has 0 N–H and O–H groups in total. The first-order valence-electron chi connectivity index (χ1n) is 5.55. The van der Waals surface area contributed by atoms with E-state index in [2.05, 4.69) is 49.4 Å². The van der Waals surface area contributed by atoms with Crippen molar-refractivity contribution in [3.05, 3.63) is 0 Å². The van der Waals surface area contributed by atoms with Gasteiger partial charge in [0.2, 0.25) is 0 Å². The molecule has 2 heteroatoms. The maximum Gasteiger partial charge on any atom is 0.200 e. The lowest BCUT2D eigenvalue weighted by Crippen LogP contribution is -2.50. The minimum absolute atomic E-state index is 0.325. The van der Waals surface area contributed by atoms with Crippen LogP contribution in [-0.2, 0) is 0 Å². The summed E-state index contributed by atoms with van der Waals surface area (Å²) in [5.41, 5.74) is 0. The van der Waals surface area contributed by atoms with Crippen molar-refractivity contribution in [1.29, 1.82) is 0 Å². The third-order valence-corrected chi connectivity index (χ3v) is 4.43. The highest BCUT2D eigenvalue weighted by atomic mass is 127. The molecule has 0 saturated heterocycles. The second-order valence-electron chi connectivity index (χ2n) is 4.14. The molecule has 0 rings (SSSR count). The fourth-order valence-electron chi connectivity index (χ4n) is 1.56. The molecule has 0 fully saturated rings. The van der Waals surface area contributed by atoms with E-state index in [0.717, 1.165) is 4.48 Å². The highest BCUT2D eigenvalue weighted by Crippen LogP contribution is 2.19. The van der Waals surface area contributed by atoms with Gasteiger partial charge in [0.1, 0.15) is 0 Å². The molecule has 0 saturated carbocycles. The summed E-state index contributed by atoms with van der Waals surface area (Å²) in [7, 11) is 2.29. The lowest BCUT2D eigenvalue weighted by molar-refractivity contribution is -0.908. The average Bonchev–Trinajstić information content (AvgIpc) is 2.22. The largest absolute Gasteiger partial charge is 0.305 e. The van der Waals surface area contributed by atoms with E-state index in [0.29, 0.717) is 4.05 Å². The van der Waals surface area contributed by atoms with Gasteiger partial charge in [0.15, 0.2) is 4.05 Å². The van der Waals surface area contributed by atoms with Crippen molar-refractivity contribution in [2.75, 3.05) is 20.1 Å². The standard InChI is InChI=1S/C12H23IN/c1-5-8-10-14(4,11-9-6-2)12(13)7-3/h3,12H,5-6,8-11H2,1-2,4H3/q+1. The van der Waals surface area contributed by atoms with Crippen molar-refractivity contribution in [2.24, 2.45) is 0 Å². The molecule has 0 aromatic rings. The molecular weight excluding hydrogens is 285 g/mol. The van der Waals surface area contributed by atoms with Crippen LogP contribution in [0.2, 0.25) is 0 Å². The highest BCUT2D eigenvalue weighted by Gasteiger charge is 2.27. The average molecular weight is 308 g/mol. The summed E-state index contributed by atoms with van der Waals surface area (Å²) >= 11 is 2.40. The maximum absolute atomic E-state index is 5.53. The fourth-order valence-corrected chi connectivity index (χ4v) is 2.11. The van der Waals surface area contributed by atoms with Gasteiger partial charge in [0, 0.05) is 22.6 Å². The Kier molecular flexibility index (Phi) is 7.66. The molecule has 0 amide bonds. The summed E-state index contributed by atoms with van der Waals surface area (Å²) in [5, 5.41) is 0. The van der Waals surface area contributed by atoms with Crippen molar-refractivity contribution in [1.82, 2.24) is 0 Å². The predicted octanol–water partition coefficient (Wildman–Crippen LogP) is 3.43. The molecule has 0 aromatic heterocycles. The van der Waals surface area contributed by atoms with E-state index >= 15 is 0 Å². The Morgan fingerprint density at radius 3 is 1.93 bits per heavy atom. The second kappa shape index (κ2) is 7.53. The van der Waals surface area contributed by atoms with Crippen LogP contribution in [0.3, 0.4) is 0 Å². The molecule has 14 heavy (non-hydrogen) atoms. The number of unbranched alkanes of at least 4 members (excludes halogenated alkanes) is 2. The van der Waals surface area contributed by atoms with E-state index in [9.17, 15) is 0 Å². The zero-order chi connectivity index (χ0) is 11.0. The highest BCUT2D eigenvalue weighted by molar-refractivity contribution is 14.1. The van der Waals surface area contributed by atoms with Crippen LogP contribution in [0, 0.1) is 12.3 Å². The van der Waals surface area contributed by atoms with E-state index in [1.807, 2.05) is 0 Å². The summed E-state index contributed by atoms with van der Waals surface area (Å²) < 4.78 is 1.37. The van der Waals surface area contributed by atoms with Crippen molar-refractivity contribution in [2.45, 2.75) is 43.6 Å². The summed E-state index contributed by atoms with van der Waals surface area (Å²) in [5.74, 6) is 2.88. The Labute approximate surface area is 103 Å². The molecule has 1 nitrogen and oxygen atoms in total. The zero-order valence-electron chi connectivity index (χ0n) is 9.72. The van der Waals surface area contributed by atoms with Crippen molar-refractivity contribution in [3.8, 4) is 12.3 Å². The molecule has 1 atom stereocenters. The van der Waals surface area contributed by atoms with Crippen molar-refractivity contribution >= 4 is 22.6 Å². The molecule has 1 unspecified atom stereocenters. The van der Waals surface area contributed by atoms with Gasteiger partial charge < -0.3 is 4.48 Å². The lowest BCUT2D eigenvalue weighted by atomic mass is 10.2. The van der Waals surface area contributed by atoms with E-state index in [1.54, 1.807) is 0 Å². The van der Waals surface area contributed by atoms with Gasteiger partial charge in [-0.25, -0.2) is 0 Å². The van der Waals surface area contributed by atoms with Crippen LogP contribution in [0.15, 0.2) is 0 Å². The van der Waals surface area contributed by atoms with E-state index in [4.69, 9.17) is 6.42 Å². The topological polar surface area (TPSA) is 0 Å². The number of hydrogen-bond acceptors (Lipinski definition) is 0. The zero-order valence-corrected chi connectivity index (χ0v) is 11.9. The number of hydrogen-bond donors (Lipinski definition) is 0. The first-order chi connectivity index (χ1) is 6.60. The number of nitrogens with zero attached hydrogens (tertiary/aromatic N) is 1. The SMILES string of the molecule is C#CC(I)[N+](C)(CCCC)CCCC. The predicted molar refractivity (Wildman–Crippen MR) is 72.4 cm³/mol. The van der Waals surface area contributed by atoms with Gasteiger partial charge >= 0.3 is 0 Å². The van der Waals surface area contributed by atoms with Gasteiger partial charge in [0.05, 0.1) is 20.1 Å². The second-order valence-corrected chi connectivity index (χ2v) is 5.32. The van der Waals surface area contributed by atoms with E-state index < -0.39 is 0 Å². The molecule has 0 aliphatic heterocycles. The number of halogens is 1. The Morgan fingerprint density at radius 1 is 1.21 bits per heavy atom. The van der Waals surface area contributed by atoms with Gasteiger partial charge in [-0.1, -0.05) is 26.7 Å². The molecule has 0 radical (unpaired) electrons. The third kappa shape index (κ3) is 4.65. The lowest BCUT2D eigenvalue weighted by Gasteiger charge is -2.36. The van der Waals surface area contributed by atoms with Crippen LogP contribution in [-0.4, -0.2) is 28.7 Å². The summed E-state index contributed by atoms with van der Waals surface area (Å²) in [6.07, 6.45) is 10.6. The first kappa shape index (κ1) is 14.2. The van der Waals surface area contributed by atoms with Gasteiger partial charge in [-0.2, -0.15) is 0 Å². The Morgan fingerprint density at radius 2 is 1.64 bits per heavy atom. The third-order valence-electron chi connectivity index (χ3n) is 2.73. The fraction of sp³-hybridized carbons (Fsp3) is 0.833. The minimum atomic E-state index is 0.325. The van der Waals surface area contributed by atoms with E-state index in [-0.39, 0.29) is 0 Å². The van der Waals surface area contributed by atoms with Gasteiger partial charge in [-0.3, -0.25) is 0 Å². The van der Waals surface area contributed by atoms with Crippen LogP contribution in [0.5, 0.6) is 0 Å². The number of terminal acetylenes is 1. The summed E-state index contributed by atoms with van der Waals surface area (Å²) in [6.45, 7) is 6.91. The minimum Gasteiger partial charge on any atom is -0.305 e. The molecular formula is C12H23IN+. The van der Waals surface area contributed by atoms with Crippen molar-refractivity contribution in [3.63, 3.8) is 0 Å². The molecule has 0 spiro atoms. The molecule has 0 heterocycles. The van der Waals surface area contributed by atoms with Crippen LogP contribution in [0.4, 0.5) is 0 Å². The molecule has 0 bridgehead atoms. The first-order valence-corrected chi connectivity index (χ1v) is 6.79. The summed E-state index contributed by atoms with van der Waals surface area (Å²) in [4.78, 5) is 0. The summed E-state index contributed by atoms with van der Waals surface area (Å²) in [6, 6.07) is 0.